The monoisotopic (exact) mass is 499 g/mol. The van der Waals surface area contributed by atoms with Crippen molar-refractivity contribution in [2.24, 2.45) is 11.7 Å². The van der Waals surface area contributed by atoms with E-state index in [0.29, 0.717) is 52.1 Å². The van der Waals surface area contributed by atoms with Gasteiger partial charge in [0.15, 0.2) is 11.5 Å². The first-order chi connectivity index (χ1) is 16.6. The lowest BCUT2D eigenvalue weighted by Gasteiger charge is -2.26. The molecule has 1 amide bonds. The molecule has 3 aliphatic rings. The summed E-state index contributed by atoms with van der Waals surface area (Å²) >= 11 is 0. The standard InChI is InChI=1S/C25H29N5O4.ClH/c1-13-19(25(31)30-16-6-4-15(26)5-7-16)21-23(29-13)22(28-11-27-21)20-17(32-10-14-2-3-14)8-9-18-24(20)34-12-33-18;/h8-9,11,14-16,29H,2-7,10,12,26H2,1H3,(H,30,31);1H/t15-,16-;. The average Bonchev–Trinajstić information content (AvgIpc) is 3.42. The quantitative estimate of drug-likeness (QED) is 0.470. The Morgan fingerprint density at radius 3 is 2.74 bits per heavy atom. The Morgan fingerprint density at radius 2 is 1.97 bits per heavy atom. The van der Waals surface area contributed by atoms with E-state index in [4.69, 9.17) is 19.9 Å². The number of hydrogen-bond donors (Lipinski definition) is 3. The molecule has 2 fully saturated rings. The lowest BCUT2D eigenvalue weighted by atomic mass is 9.91. The Labute approximate surface area is 209 Å². The van der Waals surface area contributed by atoms with Crippen molar-refractivity contribution in [1.82, 2.24) is 20.3 Å². The molecule has 1 aliphatic heterocycles. The first-order valence-corrected chi connectivity index (χ1v) is 12.0. The number of halogens is 1. The van der Waals surface area contributed by atoms with Gasteiger partial charge in [0.2, 0.25) is 6.79 Å². The number of carbonyl (C=O) groups is 1. The van der Waals surface area contributed by atoms with Crippen LogP contribution >= 0.6 is 12.4 Å². The molecular formula is C25H30ClN5O4. The molecule has 10 heteroatoms. The van der Waals surface area contributed by atoms with Gasteiger partial charge in [0.25, 0.3) is 5.91 Å². The highest BCUT2D eigenvalue weighted by Crippen LogP contribution is 2.48. The van der Waals surface area contributed by atoms with Gasteiger partial charge in [0.05, 0.1) is 23.3 Å². The lowest BCUT2D eigenvalue weighted by Crippen LogP contribution is -2.40. The number of nitrogens with two attached hydrogens (primary N) is 1. The Bertz CT molecular complexity index is 1250. The van der Waals surface area contributed by atoms with Crippen LogP contribution in [0.3, 0.4) is 0 Å². The number of rotatable bonds is 6. The van der Waals surface area contributed by atoms with Crippen LogP contribution < -0.4 is 25.3 Å². The smallest absolute Gasteiger partial charge is 0.255 e. The average molecular weight is 500 g/mol. The highest BCUT2D eigenvalue weighted by molar-refractivity contribution is 6.09. The zero-order valence-electron chi connectivity index (χ0n) is 19.6. The SMILES string of the molecule is Cc1[nH]c2c(-c3c(OCC4CC4)ccc4c3OCO4)ncnc2c1C(=O)N[C@H]1CC[C@H](N)CC1.Cl. The van der Waals surface area contributed by atoms with Gasteiger partial charge in [-0.05, 0) is 63.5 Å². The molecule has 0 unspecified atom stereocenters. The predicted octanol–water partition coefficient (Wildman–Crippen LogP) is 3.87. The summed E-state index contributed by atoms with van der Waals surface area (Å²) in [6, 6.07) is 4.12. The summed E-state index contributed by atoms with van der Waals surface area (Å²) in [5.41, 5.74) is 9.91. The topological polar surface area (TPSA) is 124 Å². The number of nitrogens with one attached hydrogen (secondary N) is 2. The van der Waals surface area contributed by atoms with E-state index in [1.54, 1.807) is 0 Å². The maximum Gasteiger partial charge on any atom is 0.255 e. The van der Waals surface area contributed by atoms with Gasteiger partial charge in [0.1, 0.15) is 23.3 Å². The zero-order chi connectivity index (χ0) is 23.2. The van der Waals surface area contributed by atoms with Crippen LogP contribution in [0.1, 0.15) is 54.6 Å². The number of aromatic nitrogens is 3. The minimum absolute atomic E-state index is 0. The van der Waals surface area contributed by atoms with Crippen LogP contribution in [0.4, 0.5) is 0 Å². The normalized spacial score (nSPS) is 21.0. The van der Waals surface area contributed by atoms with Crippen molar-refractivity contribution in [2.45, 2.75) is 57.5 Å². The fourth-order valence-corrected chi connectivity index (χ4v) is 4.90. The van der Waals surface area contributed by atoms with Crippen LogP contribution in [0.2, 0.25) is 0 Å². The second-order valence-corrected chi connectivity index (χ2v) is 9.58. The molecule has 4 N–H and O–H groups in total. The largest absolute Gasteiger partial charge is 0.492 e. The van der Waals surface area contributed by atoms with Crippen LogP contribution in [-0.2, 0) is 0 Å². The van der Waals surface area contributed by atoms with E-state index in [0.717, 1.165) is 36.9 Å². The van der Waals surface area contributed by atoms with Crippen molar-refractivity contribution in [1.29, 1.82) is 0 Å². The third-order valence-electron chi connectivity index (χ3n) is 7.01. The summed E-state index contributed by atoms with van der Waals surface area (Å²) in [5.74, 6) is 2.41. The van der Waals surface area contributed by atoms with Crippen LogP contribution in [0.15, 0.2) is 18.5 Å². The van der Waals surface area contributed by atoms with Crippen LogP contribution in [0.25, 0.3) is 22.3 Å². The van der Waals surface area contributed by atoms with Gasteiger partial charge >= 0.3 is 0 Å². The highest BCUT2D eigenvalue weighted by Gasteiger charge is 2.30. The van der Waals surface area contributed by atoms with Crippen LogP contribution in [0.5, 0.6) is 17.2 Å². The van der Waals surface area contributed by atoms with Gasteiger partial charge < -0.3 is 30.2 Å². The van der Waals surface area contributed by atoms with Gasteiger partial charge in [-0.1, -0.05) is 0 Å². The van der Waals surface area contributed by atoms with Gasteiger partial charge in [-0.25, -0.2) is 9.97 Å². The van der Waals surface area contributed by atoms with Crippen molar-refractivity contribution >= 4 is 29.3 Å². The number of amides is 1. The maximum absolute atomic E-state index is 13.3. The molecule has 3 aromatic rings. The molecule has 6 rings (SSSR count). The number of ether oxygens (including phenoxy) is 3. The Balaban J connectivity index is 0.00000253. The summed E-state index contributed by atoms with van der Waals surface area (Å²) in [4.78, 5) is 25.7. The molecule has 2 aromatic heterocycles. The van der Waals surface area contributed by atoms with Crippen molar-refractivity contribution in [2.75, 3.05) is 13.4 Å². The van der Waals surface area contributed by atoms with E-state index in [1.807, 2.05) is 19.1 Å². The molecule has 0 radical (unpaired) electrons. The molecule has 9 nitrogen and oxygen atoms in total. The van der Waals surface area contributed by atoms with Crippen LogP contribution in [-0.4, -0.2) is 46.3 Å². The first-order valence-electron chi connectivity index (χ1n) is 12.0. The molecule has 35 heavy (non-hydrogen) atoms. The fraction of sp³-hybridized carbons (Fsp3) is 0.480. The summed E-state index contributed by atoms with van der Waals surface area (Å²) < 4.78 is 17.6. The summed E-state index contributed by atoms with van der Waals surface area (Å²) in [6.45, 7) is 2.69. The third kappa shape index (κ3) is 4.50. The number of hydrogen-bond acceptors (Lipinski definition) is 7. The van der Waals surface area contributed by atoms with Gasteiger partial charge in [-0.2, -0.15) is 0 Å². The summed E-state index contributed by atoms with van der Waals surface area (Å²) in [7, 11) is 0. The molecular weight excluding hydrogens is 470 g/mol. The molecule has 2 aliphatic carbocycles. The second kappa shape index (κ2) is 9.54. The molecule has 0 saturated heterocycles. The number of nitrogens with zero attached hydrogens (tertiary/aromatic N) is 2. The minimum Gasteiger partial charge on any atom is -0.492 e. The van der Waals surface area contributed by atoms with E-state index in [2.05, 4.69) is 20.3 Å². The van der Waals surface area contributed by atoms with E-state index in [9.17, 15) is 4.79 Å². The highest BCUT2D eigenvalue weighted by atomic mass is 35.5. The fourth-order valence-electron chi connectivity index (χ4n) is 4.90. The number of aryl methyl sites for hydroxylation is 1. The molecule has 186 valence electrons. The van der Waals surface area contributed by atoms with E-state index in [-0.39, 0.29) is 37.2 Å². The van der Waals surface area contributed by atoms with Crippen molar-refractivity contribution < 1.29 is 19.0 Å². The third-order valence-corrected chi connectivity index (χ3v) is 7.01. The van der Waals surface area contributed by atoms with E-state index >= 15 is 0 Å². The lowest BCUT2D eigenvalue weighted by molar-refractivity contribution is 0.0927. The first kappa shape index (κ1) is 23.7. The van der Waals surface area contributed by atoms with Crippen molar-refractivity contribution in [3.63, 3.8) is 0 Å². The summed E-state index contributed by atoms with van der Waals surface area (Å²) in [5, 5.41) is 3.18. The van der Waals surface area contributed by atoms with Crippen molar-refractivity contribution in [3.05, 3.63) is 29.7 Å². The van der Waals surface area contributed by atoms with Gasteiger partial charge in [0, 0.05) is 17.8 Å². The van der Waals surface area contributed by atoms with E-state index in [1.165, 1.54) is 19.2 Å². The second-order valence-electron chi connectivity index (χ2n) is 9.58. The number of H-pyrrole nitrogens is 1. The predicted molar refractivity (Wildman–Crippen MR) is 133 cm³/mol. The number of aromatic amines is 1. The minimum atomic E-state index is -0.128. The zero-order valence-corrected chi connectivity index (χ0v) is 20.5. The maximum atomic E-state index is 13.3. The molecule has 0 spiro atoms. The molecule has 0 bridgehead atoms. The van der Waals surface area contributed by atoms with E-state index < -0.39 is 0 Å². The molecule has 0 atom stereocenters. The molecule has 3 heterocycles. The van der Waals surface area contributed by atoms with Crippen molar-refractivity contribution in [3.8, 4) is 28.5 Å². The Hall–Kier alpha value is -3.04. The number of carbonyl (C=O) groups excluding carboxylic acids is 1. The summed E-state index contributed by atoms with van der Waals surface area (Å²) in [6.07, 6.45) is 7.51. The number of fused-ring (bicyclic) bond motifs is 2. The van der Waals surface area contributed by atoms with Gasteiger partial charge in [-0.15, -0.1) is 12.4 Å². The Kier molecular flexibility index (Phi) is 6.46. The molecule has 2 saturated carbocycles. The van der Waals surface area contributed by atoms with Gasteiger partial charge in [-0.3, -0.25) is 4.79 Å². The Morgan fingerprint density at radius 1 is 1.17 bits per heavy atom. The number of benzene rings is 1. The molecule has 1 aromatic carbocycles. The van der Waals surface area contributed by atoms with Crippen LogP contribution in [0, 0.1) is 12.8 Å².